The molecule has 0 aliphatic heterocycles. The monoisotopic (exact) mass is 292 g/mol. The Labute approximate surface area is 109 Å². The number of nitrogens with zero attached hydrogens (tertiary/aromatic N) is 3. The number of anilines is 1. The number of rotatable bonds is 5. The summed E-state index contributed by atoms with van der Waals surface area (Å²) in [6.45, 7) is -0.160. The molecule has 1 aromatic rings. The molecule has 0 fully saturated rings. The summed E-state index contributed by atoms with van der Waals surface area (Å²) in [6.07, 6.45) is 1.17. The van der Waals surface area contributed by atoms with Gasteiger partial charge in [-0.3, -0.25) is 10.1 Å². The summed E-state index contributed by atoms with van der Waals surface area (Å²) >= 11 is -0.248. The van der Waals surface area contributed by atoms with Gasteiger partial charge in [0.1, 0.15) is 11.6 Å². The molecule has 0 amide bonds. The average Bonchev–Trinajstić information content (AvgIpc) is 2.32. The Morgan fingerprint density at radius 3 is 2.79 bits per heavy atom. The van der Waals surface area contributed by atoms with Crippen LogP contribution in [0.3, 0.4) is 0 Å². The molecule has 0 saturated carbocycles. The van der Waals surface area contributed by atoms with Crippen LogP contribution in [0.4, 0.5) is 24.7 Å². The van der Waals surface area contributed by atoms with Crippen LogP contribution in [0.15, 0.2) is 12.3 Å². The molecule has 6 nitrogen and oxygen atoms in total. The lowest BCUT2D eigenvalue weighted by Gasteiger charge is -2.08. The zero-order valence-corrected chi connectivity index (χ0v) is 10.1. The third-order valence-corrected chi connectivity index (χ3v) is 2.62. The number of halogens is 3. The molecule has 102 valence electrons. The number of pyridine rings is 1. The molecule has 0 aliphatic rings. The van der Waals surface area contributed by atoms with Gasteiger partial charge in [-0.05, 0) is 17.8 Å². The molecule has 0 unspecified atom stereocenters. The molecule has 0 saturated heterocycles. The Morgan fingerprint density at radius 1 is 1.58 bits per heavy atom. The van der Waals surface area contributed by atoms with E-state index in [0.717, 1.165) is 6.07 Å². The molecule has 0 radical (unpaired) electrons. The number of aromatic nitrogens is 1. The Hall–Kier alpha value is -2.02. The van der Waals surface area contributed by atoms with Crippen LogP contribution in [0.2, 0.25) is 0 Å². The van der Waals surface area contributed by atoms with Crippen molar-refractivity contribution < 1.29 is 18.1 Å². The summed E-state index contributed by atoms with van der Waals surface area (Å²) in [5, 5.41) is 21.9. The zero-order valence-electron chi connectivity index (χ0n) is 9.27. The van der Waals surface area contributed by atoms with E-state index in [9.17, 15) is 23.3 Å². The first kappa shape index (κ1) is 15.0. The second-order valence-electron chi connectivity index (χ2n) is 3.15. The maximum absolute atomic E-state index is 11.9. The number of nitrogens with one attached hydrogen (secondary N) is 1. The standard InChI is InChI=1S/C9H7F3N4O2S/c10-9(11,12)19-4-3-15-8-7(16(17)18)6(5-13)1-2-14-8/h1-2H,3-4H2,(H,14,15). The summed E-state index contributed by atoms with van der Waals surface area (Å²) in [5.74, 6) is -0.536. The van der Waals surface area contributed by atoms with E-state index in [4.69, 9.17) is 5.26 Å². The van der Waals surface area contributed by atoms with Crippen LogP contribution < -0.4 is 5.32 Å². The summed E-state index contributed by atoms with van der Waals surface area (Å²) in [5.41, 5.74) is -5.09. The fraction of sp³-hybridized carbons (Fsp3) is 0.333. The van der Waals surface area contributed by atoms with Crippen LogP contribution in [0.5, 0.6) is 0 Å². The van der Waals surface area contributed by atoms with Crippen molar-refractivity contribution in [3.63, 3.8) is 0 Å². The van der Waals surface area contributed by atoms with Crippen LogP contribution in [0.25, 0.3) is 0 Å². The highest BCUT2D eigenvalue weighted by molar-refractivity contribution is 8.00. The van der Waals surface area contributed by atoms with Gasteiger partial charge >= 0.3 is 11.2 Å². The van der Waals surface area contributed by atoms with Gasteiger partial charge in [-0.1, -0.05) is 0 Å². The fourth-order valence-electron chi connectivity index (χ4n) is 1.19. The maximum atomic E-state index is 11.9. The maximum Gasteiger partial charge on any atom is 0.441 e. The summed E-state index contributed by atoms with van der Waals surface area (Å²) < 4.78 is 35.6. The molecule has 1 heterocycles. The van der Waals surface area contributed by atoms with Crippen molar-refractivity contribution in [3.8, 4) is 6.07 Å². The number of thioether (sulfide) groups is 1. The second kappa shape index (κ2) is 6.24. The zero-order chi connectivity index (χ0) is 14.5. The summed E-state index contributed by atoms with van der Waals surface area (Å²) in [4.78, 5) is 13.6. The third kappa shape index (κ3) is 4.63. The summed E-state index contributed by atoms with van der Waals surface area (Å²) in [7, 11) is 0. The molecular weight excluding hydrogens is 285 g/mol. The van der Waals surface area contributed by atoms with E-state index in [1.807, 2.05) is 0 Å². The van der Waals surface area contributed by atoms with Gasteiger partial charge in [0.05, 0.1) is 4.92 Å². The minimum Gasteiger partial charge on any atom is -0.363 e. The minimum atomic E-state index is -4.35. The van der Waals surface area contributed by atoms with Crippen LogP contribution in [-0.4, -0.2) is 27.7 Å². The predicted octanol–water partition coefficient (Wildman–Crippen LogP) is 2.53. The highest BCUT2D eigenvalue weighted by Gasteiger charge is 2.27. The molecule has 1 N–H and O–H groups in total. The van der Waals surface area contributed by atoms with Crippen LogP contribution in [-0.2, 0) is 0 Å². The van der Waals surface area contributed by atoms with Crippen molar-refractivity contribution in [2.24, 2.45) is 0 Å². The molecular formula is C9H7F3N4O2S. The third-order valence-electron chi connectivity index (χ3n) is 1.89. The van der Waals surface area contributed by atoms with E-state index in [2.05, 4.69) is 10.3 Å². The van der Waals surface area contributed by atoms with Crippen molar-refractivity contribution in [3.05, 3.63) is 27.9 Å². The van der Waals surface area contributed by atoms with Crippen molar-refractivity contribution in [1.82, 2.24) is 4.98 Å². The van der Waals surface area contributed by atoms with Gasteiger partial charge in [0, 0.05) is 18.5 Å². The lowest BCUT2D eigenvalue weighted by molar-refractivity contribution is -0.384. The number of hydrogen-bond acceptors (Lipinski definition) is 6. The first-order valence-electron chi connectivity index (χ1n) is 4.83. The van der Waals surface area contributed by atoms with Crippen LogP contribution >= 0.6 is 11.8 Å². The topological polar surface area (TPSA) is 91.8 Å². The number of nitro groups is 1. The SMILES string of the molecule is N#Cc1ccnc(NCCSC(F)(F)F)c1[N+](=O)[O-]. The normalized spacial score (nSPS) is 10.8. The largest absolute Gasteiger partial charge is 0.441 e. The van der Waals surface area contributed by atoms with Gasteiger partial charge in [-0.25, -0.2) is 4.98 Å². The van der Waals surface area contributed by atoms with Gasteiger partial charge in [-0.2, -0.15) is 18.4 Å². The van der Waals surface area contributed by atoms with E-state index in [1.165, 1.54) is 6.20 Å². The first-order chi connectivity index (χ1) is 8.85. The number of nitriles is 1. The lowest BCUT2D eigenvalue weighted by Crippen LogP contribution is -2.12. The molecule has 0 aliphatic carbocycles. The van der Waals surface area contributed by atoms with Gasteiger partial charge in [0.2, 0.25) is 5.82 Å². The van der Waals surface area contributed by atoms with Crippen molar-refractivity contribution in [2.75, 3.05) is 17.6 Å². The van der Waals surface area contributed by atoms with Crippen LogP contribution in [0.1, 0.15) is 5.56 Å². The van der Waals surface area contributed by atoms with Crippen molar-refractivity contribution in [1.29, 1.82) is 5.26 Å². The van der Waals surface area contributed by atoms with Gasteiger partial charge in [0.15, 0.2) is 0 Å². The van der Waals surface area contributed by atoms with Crippen LogP contribution in [0, 0.1) is 21.4 Å². The predicted molar refractivity (Wildman–Crippen MR) is 62.6 cm³/mol. The second-order valence-corrected chi connectivity index (χ2v) is 4.31. The summed E-state index contributed by atoms with van der Waals surface area (Å²) in [6, 6.07) is 2.79. The molecule has 0 spiro atoms. The minimum absolute atomic E-state index is 0.160. The average molecular weight is 292 g/mol. The van der Waals surface area contributed by atoms with E-state index in [0.29, 0.717) is 0 Å². The molecule has 1 rings (SSSR count). The highest BCUT2D eigenvalue weighted by Crippen LogP contribution is 2.30. The molecule has 10 heteroatoms. The molecule has 1 aromatic heterocycles. The molecule has 0 bridgehead atoms. The first-order valence-corrected chi connectivity index (χ1v) is 5.82. The lowest BCUT2D eigenvalue weighted by atomic mass is 10.2. The Bertz CT molecular complexity index is 515. The van der Waals surface area contributed by atoms with Crippen molar-refractivity contribution in [2.45, 2.75) is 5.51 Å². The smallest absolute Gasteiger partial charge is 0.363 e. The Kier molecular flexibility index (Phi) is 4.94. The fourth-order valence-corrected chi connectivity index (χ4v) is 1.63. The number of alkyl halides is 3. The van der Waals surface area contributed by atoms with Gasteiger partial charge < -0.3 is 5.32 Å². The number of hydrogen-bond donors (Lipinski definition) is 1. The van der Waals surface area contributed by atoms with Crippen molar-refractivity contribution >= 4 is 23.3 Å². The van der Waals surface area contributed by atoms with Gasteiger partial charge in [0.25, 0.3) is 0 Å². The molecule has 19 heavy (non-hydrogen) atoms. The quantitative estimate of drug-likeness (QED) is 0.509. The van der Waals surface area contributed by atoms with Gasteiger partial charge in [-0.15, -0.1) is 0 Å². The van der Waals surface area contributed by atoms with E-state index < -0.39 is 16.1 Å². The Balaban J connectivity index is 2.74. The van der Waals surface area contributed by atoms with E-state index in [1.54, 1.807) is 6.07 Å². The molecule has 0 aromatic carbocycles. The highest BCUT2D eigenvalue weighted by atomic mass is 32.2. The molecule has 0 atom stereocenters. The van der Waals surface area contributed by atoms with E-state index in [-0.39, 0.29) is 35.4 Å². The van der Waals surface area contributed by atoms with E-state index >= 15 is 0 Å². The Morgan fingerprint density at radius 2 is 2.26 bits per heavy atom.